The Hall–Kier alpha value is 1.77. The summed E-state index contributed by atoms with van der Waals surface area (Å²) >= 11 is 9.87. The van der Waals surface area contributed by atoms with Gasteiger partial charge in [0.05, 0.1) is 11.2 Å². The maximum absolute atomic E-state index is 10.1. The summed E-state index contributed by atoms with van der Waals surface area (Å²) < 4.78 is 10.1. The second-order valence-electron chi connectivity index (χ2n) is 1.05. The molecule has 0 unspecified atom stereocenters. The van der Waals surface area contributed by atoms with E-state index < -0.39 is 7.37 Å². The molecule has 0 aliphatic rings. The molecule has 0 saturated carbocycles. The topological polar surface area (TPSA) is 40.1 Å². The molecule has 0 rings (SSSR count). The van der Waals surface area contributed by atoms with Gasteiger partial charge in [-0.25, -0.2) is 0 Å². The summed E-state index contributed by atoms with van der Waals surface area (Å²) in [5, 5.41) is 0. The number of rotatable bonds is 2. The molecule has 0 heterocycles. The Balaban J connectivity index is 0. The molecule has 2 nitrogen and oxygen atoms in total. The zero-order valence-electron chi connectivity index (χ0n) is 4.43. The van der Waals surface area contributed by atoms with E-state index in [0.29, 0.717) is 0 Å². The predicted molar refractivity (Wildman–Crippen MR) is 29.0 cm³/mol. The third-order valence-corrected chi connectivity index (χ3v) is 3.28. The van der Waals surface area contributed by atoms with Gasteiger partial charge in [0.1, 0.15) is 0 Å². The van der Waals surface area contributed by atoms with Gasteiger partial charge in [-0.3, -0.25) is 0 Å². The van der Waals surface area contributed by atoms with E-state index in [9.17, 15) is 9.46 Å². The van der Waals surface area contributed by atoms with Crippen LogP contribution in [0.15, 0.2) is 0 Å². The van der Waals surface area contributed by atoms with E-state index in [-0.39, 0.29) is 40.8 Å². The molecular formula is C2H4Cl2NaO2P. The van der Waals surface area contributed by atoms with Crippen molar-refractivity contribution in [2.24, 2.45) is 0 Å². The number of hydrogen-bond acceptors (Lipinski definition) is 2. The second kappa shape index (κ2) is 5.55. The minimum Gasteiger partial charge on any atom is -0.798 e. The molecule has 0 aliphatic heterocycles. The molecule has 0 saturated heterocycles. The van der Waals surface area contributed by atoms with Crippen LogP contribution in [0, 0.1) is 0 Å². The zero-order valence-corrected chi connectivity index (χ0v) is 8.84. The van der Waals surface area contributed by atoms with Crippen molar-refractivity contribution < 1.29 is 39.0 Å². The molecular weight excluding hydrogens is 181 g/mol. The Kier molecular flexibility index (Phi) is 8.63. The smallest absolute Gasteiger partial charge is 0.798 e. The van der Waals surface area contributed by atoms with E-state index in [1.165, 1.54) is 0 Å². The first kappa shape index (κ1) is 12.4. The third-order valence-electron chi connectivity index (χ3n) is 0.364. The van der Waals surface area contributed by atoms with Crippen LogP contribution in [-0.4, -0.2) is 11.2 Å². The van der Waals surface area contributed by atoms with Gasteiger partial charge < -0.3 is 9.46 Å². The first-order valence-corrected chi connectivity index (χ1v) is 4.60. The monoisotopic (exact) mass is 184 g/mol. The van der Waals surface area contributed by atoms with Crippen LogP contribution in [0.5, 0.6) is 0 Å². The van der Waals surface area contributed by atoms with Gasteiger partial charge in [-0.05, 0) is 0 Å². The summed E-state index contributed by atoms with van der Waals surface area (Å²) in [4.78, 5) is 10.1. The van der Waals surface area contributed by atoms with Crippen LogP contribution in [-0.2, 0) is 4.57 Å². The van der Waals surface area contributed by atoms with Crippen molar-refractivity contribution in [3.05, 3.63) is 0 Å². The number of alkyl halides is 2. The second-order valence-corrected chi connectivity index (χ2v) is 4.60. The molecule has 0 bridgehead atoms. The molecule has 0 aromatic carbocycles. The van der Waals surface area contributed by atoms with Crippen molar-refractivity contribution in [1.29, 1.82) is 0 Å². The largest absolute Gasteiger partial charge is 1.00 e. The Morgan fingerprint density at radius 2 is 1.62 bits per heavy atom. The van der Waals surface area contributed by atoms with Gasteiger partial charge >= 0.3 is 29.6 Å². The van der Waals surface area contributed by atoms with Crippen molar-refractivity contribution in [2.75, 3.05) is 11.2 Å². The standard InChI is InChI=1S/C2H5Cl2O2P.Na/c3-1-7(5,6)2-4;/h1-2H2,(H,5,6);/q;+1/p-1. The Labute approximate surface area is 80.3 Å². The number of hydrogen-bond donors (Lipinski definition) is 0. The van der Waals surface area contributed by atoms with E-state index in [1.54, 1.807) is 0 Å². The Bertz CT molecular complexity index is 90.0. The van der Waals surface area contributed by atoms with Gasteiger partial charge in [0.25, 0.3) is 0 Å². The molecule has 0 spiro atoms. The van der Waals surface area contributed by atoms with Crippen molar-refractivity contribution >= 4 is 30.6 Å². The van der Waals surface area contributed by atoms with Crippen LogP contribution in [0.1, 0.15) is 0 Å². The van der Waals surface area contributed by atoms with Crippen molar-refractivity contribution in [2.45, 2.75) is 0 Å². The average molecular weight is 185 g/mol. The van der Waals surface area contributed by atoms with Crippen molar-refractivity contribution in [3.63, 3.8) is 0 Å². The molecule has 0 fully saturated rings. The van der Waals surface area contributed by atoms with Crippen LogP contribution in [0.25, 0.3) is 0 Å². The fourth-order valence-corrected chi connectivity index (χ4v) is 0.862. The molecule has 0 aromatic heterocycles. The van der Waals surface area contributed by atoms with Gasteiger partial charge in [-0.1, -0.05) is 0 Å². The summed E-state index contributed by atoms with van der Waals surface area (Å²) in [5.74, 6) is 0. The van der Waals surface area contributed by atoms with Gasteiger partial charge in [-0.15, -0.1) is 23.2 Å². The summed E-state index contributed by atoms with van der Waals surface area (Å²) in [7, 11) is -3.37. The zero-order chi connectivity index (χ0) is 5.91. The first-order valence-electron chi connectivity index (χ1n) is 1.53. The summed E-state index contributed by atoms with van der Waals surface area (Å²) in [5.41, 5.74) is -0.729. The quantitative estimate of drug-likeness (QED) is 0.284. The molecule has 44 valence electrons. The molecule has 6 heteroatoms. The van der Waals surface area contributed by atoms with Crippen molar-refractivity contribution in [3.8, 4) is 0 Å². The van der Waals surface area contributed by atoms with Crippen LogP contribution >= 0.6 is 30.6 Å². The van der Waals surface area contributed by atoms with Crippen LogP contribution < -0.4 is 34.5 Å². The third kappa shape index (κ3) is 5.90. The SMILES string of the molecule is O=P([O-])(CCl)CCl.[Na+]. The van der Waals surface area contributed by atoms with Gasteiger partial charge in [0, 0.05) is 7.37 Å². The summed E-state index contributed by atoms with van der Waals surface area (Å²) in [6.45, 7) is 0. The maximum atomic E-state index is 10.1. The van der Waals surface area contributed by atoms with E-state index in [2.05, 4.69) is 0 Å². The van der Waals surface area contributed by atoms with Gasteiger partial charge in [-0.2, -0.15) is 0 Å². The summed E-state index contributed by atoms with van der Waals surface area (Å²) in [6.07, 6.45) is 0. The van der Waals surface area contributed by atoms with Crippen LogP contribution in [0.4, 0.5) is 0 Å². The van der Waals surface area contributed by atoms with Crippen molar-refractivity contribution in [1.82, 2.24) is 0 Å². The summed E-state index contributed by atoms with van der Waals surface area (Å²) in [6, 6.07) is 0. The maximum Gasteiger partial charge on any atom is 1.00 e. The van der Waals surface area contributed by atoms with E-state index in [0.717, 1.165) is 0 Å². The molecule has 8 heavy (non-hydrogen) atoms. The van der Waals surface area contributed by atoms with E-state index in [1.807, 2.05) is 0 Å². The minimum atomic E-state index is -3.37. The van der Waals surface area contributed by atoms with Gasteiger partial charge in [0.15, 0.2) is 0 Å². The van der Waals surface area contributed by atoms with E-state index in [4.69, 9.17) is 23.2 Å². The molecule has 0 radical (unpaired) electrons. The first-order chi connectivity index (χ1) is 3.12. The van der Waals surface area contributed by atoms with Gasteiger partial charge in [0.2, 0.25) is 0 Å². The minimum absolute atomic E-state index is 0. The molecule has 0 aliphatic carbocycles. The average Bonchev–Trinajstić information content (AvgIpc) is 1.68. The van der Waals surface area contributed by atoms with Crippen LogP contribution in [0.3, 0.4) is 0 Å². The molecule has 0 aromatic rings. The molecule has 0 atom stereocenters. The fourth-order valence-electron chi connectivity index (χ4n) is 0.0319. The van der Waals surface area contributed by atoms with Crippen LogP contribution in [0.2, 0.25) is 0 Å². The number of halogens is 2. The normalized spacial score (nSPS) is 10.4. The Morgan fingerprint density at radius 3 is 1.62 bits per heavy atom. The molecule has 0 N–H and O–H groups in total. The molecule has 0 amide bonds. The van der Waals surface area contributed by atoms with E-state index >= 15 is 0 Å². The fraction of sp³-hybridized carbons (Fsp3) is 1.00. The predicted octanol–water partition coefficient (Wildman–Crippen LogP) is -1.98. The Morgan fingerprint density at radius 1 is 1.38 bits per heavy atom.